The third kappa shape index (κ3) is 12.7. The molecule has 0 spiro atoms. The Balaban J connectivity index is 0.000000151. The van der Waals surface area contributed by atoms with Crippen molar-refractivity contribution in [1.29, 1.82) is 0 Å². The normalized spacial score (nSPS) is 23.1. The number of anilines is 4. The molecule has 3 amide bonds. The van der Waals surface area contributed by atoms with Crippen molar-refractivity contribution in [2.75, 3.05) is 113 Å². The van der Waals surface area contributed by atoms with Crippen LogP contribution in [0.4, 0.5) is 41.1 Å². The molecule has 0 bridgehead atoms. The van der Waals surface area contributed by atoms with Gasteiger partial charge in [-0.15, -0.1) is 0 Å². The highest BCUT2D eigenvalue weighted by Crippen LogP contribution is 3.04. The van der Waals surface area contributed by atoms with Gasteiger partial charge in [-0.25, -0.2) is 18.4 Å². The monoisotopic (exact) mass is 1070 g/mol. The first-order valence-electron chi connectivity index (χ1n) is 21.3. The topological polar surface area (TPSA) is 144 Å². The fourth-order valence-electron chi connectivity index (χ4n) is 7.49. The lowest BCUT2D eigenvalue weighted by Gasteiger charge is -2.40. The minimum Gasteiger partial charge on any atom is -0.497 e. The third-order valence-electron chi connectivity index (χ3n) is 11.0. The van der Waals surface area contributed by atoms with E-state index in [9.17, 15) is 23.2 Å². The summed E-state index contributed by atoms with van der Waals surface area (Å²) in [6, 6.07) is 25.7. The number of carbonyl (C=O) groups excluding carboxylic acids is 3. The Morgan fingerprint density at radius 3 is 1.41 bits per heavy atom. The van der Waals surface area contributed by atoms with Gasteiger partial charge in [-0.2, -0.15) is 0 Å². The number of ether oxygens (including phenoxy) is 6. The summed E-state index contributed by atoms with van der Waals surface area (Å²) >= 11 is 20.2. The van der Waals surface area contributed by atoms with Crippen molar-refractivity contribution in [3.8, 4) is 11.5 Å². The maximum absolute atomic E-state index is 14.4. The summed E-state index contributed by atoms with van der Waals surface area (Å²) in [6.07, 6.45) is -1.20. The molecule has 5 fully saturated rings. The number of cyclic esters (lactones) is 2. The molecule has 0 unspecified atom stereocenters. The summed E-state index contributed by atoms with van der Waals surface area (Å²) in [5.74, 6) is 0.982. The van der Waals surface area contributed by atoms with E-state index in [1.54, 1.807) is 38.5 Å². The number of benzene rings is 4. The van der Waals surface area contributed by atoms with Gasteiger partial charge in [0.1, 0.15) is 35.3 Å². The number of nitrogens with zero attached hydrogens (tertiary/aromatic N) is 4. The van der Waals surface area contributed by atoms with Crippen LogP contribution in [0.2, 0.25) is 0 Å². The largest absolute Gasteiger partial charge is 0.497 e. The Kier molecular flexibility index (Phi) is 18.3. The summed E-state index contributed by atoms with van der Waals surface area (Å²) in [4.78, 5) is 40.8. The summed E-state index contributed by atoms with van der Waals surface area (Å²) in [5, 5.41) is 7.74. The van der Waals surface area contributed by atoms with E-state index in [0.29, 0.717) is 94.9 Å². The number of halogens is 2. The molecule has 9 rings (SSSR count). The number of thiocarbonyl (C=S) groups is 1. The van der Waals surface area contributed by atoms with Gasteiger partial charge in [0.25, 0.3) is 0 Å². The van der Waals surface area contributed by atoms with Crippen molar-refractivity contribution in [3.63, 3.8) is 0 Å². The van der Waals surface area contributed by atoms with E-state index in [1.807, 2.05) is 56.1 Å². The lowest BCUT2D eigenvalue weighted by atomic mass is 10.2. The Bertz CT molecular complexity index is 2330. The molecule has 0 aliphatic carbocycles. The van der Waals surface area contributed by atoms with Gasteiger partial charge in [0.05, 0.1) is 104 Å². The smallest absolute Gasteiger partial charge is 0.414 e. The number of nitrogens with one attached hydrogen (secondary N) is 2. The summed E-state index contributed by atoms with van der Waals surface area (Å²) in [7, 11) is 3.34. The Labute approximate surface area is 416 Å². The second-order valence-corrected chi connectivity index (χ2v) is 36.8. The predicted molar refractivity (Wildman–Crippen MR) is 279 cm³/mol. The number of rotatable bonds is 14. The van der Waals surface area contributed by atoms with Gasteiger partial charge in [-0.1, -0.05) is 57.8 Å². The summed E-state index contributed by atoms with van der Waals surface area (Å²) in [6.45, 7) is 6.25. The first kappa shape index (κ1) is 51.6. The second-order valence-electron chi connectivity index (χ2n) is 15.3. The van der Waals surface area contributed by atoms with Crippen LogP contribution >= 0.6 is 43.1 Å². The predicted octanol–water partition coefficient (Wildman–Crippen LogP) is 7.02. The number of morpholine rings is 2. The van der Waals surface area contributed by atoms with Crippen molar-refractivity contribution in [3.05, 3.63) is 96.6 Å². The zero-order valence-electron chi connectivity index (χ0n) is 37.0. The van der Waals surface area contributed by atoms with E-state index in [-0.39, 0.29) is 30.8 Å². The number of hydrogen-bond acceptors (Lipinski definition) is 16. The molecule has 5 aliphatic rings. The fourth-order valence-corrected chi connectivity index (χ4v) is 49.9. The van der Waals surface area contributed by atoms with Crippen molar-refractivity contribution in [1.82, 2.24) is 10.6 Å². The number of carbonyl (C=O) groups is 3. The van der Waals surface area contributed by atoms with Crippen LogP contribution in [0.5, 0.6) is 11.5 Å². The maximum Gasteiger partial charge on any atom is 0.414 e. The van der Waals surface area contributed by atoms with Gasteiger partial charge in [0, 0.05) is 36.8 Å². The Hall–Kier alpha value is -4.24. The molecule has 364 valence electrons. The highest BCUT2D eigenvalue weighted by atomic mass is 33.7. The van der Waals surface area contributed by atoms with Crippen LogP contribution in [0.15, 0.2) is 84.9 Å². The quantitative estimate of drug-likeness (QED) is 0.0758. The van der Waals surface area contributed by atoms with E-state index in [1.165, 1.54) is 38.0 Å². The molecule has 68 heavy (non-hydrogen) atoms. The summed E-state index contributed by atoms with van der Waals surface area (Å²) in [5.41, 5.74) is 3.35. The fraction of sp³-hybridized carbons (Fsp3) is 0.364. The average Bonchev–Trinajstić information content (AvgIpc) is 3.93. The molecule has 4 aromatic rings. The van der Waals surface area contributed by atoms with Crippen LogP contribution in [0, 0.1) is 11.6 Å². The molecular weight excluding hydrogens is 1020 g/mol. The molecule has 0 radical (unpaired) electrons. The van der Waals surface area contributed by atoms with Crippen LogP contribution in [0.3, 0.4) is 0 Å². The van der Waals surface area contributed by atoms with Crippen LogP contribution < -0.4 is 50.3 Å². The SMILES string of the molecule is COc1ccc(P2(=S)SP(=S)(c3ccc(OC)cc3)S2)cc1.O=C1O[C@@H](CNC=S)CN1c1ccc(N2CCOCC2)c(F)c1.O=CNC[C@H]1CN(c2ccc(N3CCOCC3)c(F)c2)C(=O)O1. The van der Waals surface area contributed by atoms with Gasteiger partial charge >= 0.3 is 12.2 Å². The molecule has 0 saturated carbocycles. The van der Waals surface area contributed by atoms with E-state index < -0.39 is 27.2 Å². The number of amides is 3. The van der Waals surface area contributed by atoms with E-state index in [2.05, 4.69) is 47.1 Å². The van der Waals surface area contributed by atoms with Crippen molar-refractivity contribution < 1.29 is 51.6 Å². The number of hydrogen-bond donors (Lipinski definition) is 2. The molecule has 2 atom stereocenters. The molecule has 24 heteroatoms. The molecule has 2 N–H and O–H groups in total. The van der Waals surface area contributed by atoms with Gasteiger partial charge in [0.15, 0.2) is 0 Å². The van der Waals surface area contributed by atoms with Gasteiger partial charge in [0.2, 0.25) is 6.41 Å². The minimum absolute atomic E-state index is 0.236. The Morgan fingerprint density at radius 2 is 1.06 bits per heavy atom. The zero-order chi connectivity index (χ0) is 48.3. The van der Waals surface area contributed by atoms with Gasteiger partial charge in [-0.05, 0) is 84.9 Å². The number of methoxy groups -OCH3 is 2. The molecule has 5 aliphatic heterocycles. The first-order chi connectivity index (χ1) is 32.9. The van der Waals surface area contributed by atoms with E-state index in [0.717, 1.165) is 11.5 Å². The maximum atomic E-state index is 14.4. The minimum atomic E-state index is -1.66. The third-order valence-corrected chi connectivity index (χ3v) is 42.4. The lowest BCUT2D eigenvalue weighted by Crippen LogP contribution is -2.36. The lowest BCUT2D eigenvalue weighted by molar-refractivity contribution is -0.109. The highest BCUT2D eigenvalue weighted by molar-refractivity contribution is 9.48. The van der Waals surface area contributed by atoms with Crippen LogP contribution in [0.25, 0.3) is 0 Å². The van der Waals surface area contributed by atoms with Crippen LogP contribution in [-0.2, 0) is 47.4 Å². The average molecular weight is 1070 g/mol. The van der Waals surface area contributed by atoms with Crippen molar-refractivity contribution in [2.45, 2.75) is 12.2 Å². The zero-order valence-corrected chi connectivity index (χ0v) is 42.9. The van der Waals surface area contributed by atoms with Crippen LogP contribution in [0.1, 0.15) is 0 Å². The second kappa shape index (κ2) is 24.1. The highest BCUT2D eigenvalue weighted by Gasteiger charge is 2.46. The first-order valence-corrected chi connectivity index (χ1v) is 31.5. The molecule has 15 nitrogen and oxygen atoms in total. The van der Waals surface area contributed by atoms with Crippen LogP contribution in [-0.4, -0.2) is 129 Å². The van der Waals surface area contributed by atoms with Crippen molar-refractivity contribution >= 4 is 124 Å². The Morgan fingerprint density at radius 1 is 0.662 bits per heavy atom. The van der Waals surface area contributed by atoms with E-state index >= 15 is 0 Å². The molecule has 5 heterocycles. The van der Waals surface area contributed by atoms with E-state index in [4.69, 9.17) is 52.0 Å². The standard InChI is InChI=1S/C15H18FN3O4.C15H18FN3O3S.C14H14O2P2S4/c16-13-7-11(1-2-14(13)18-3-5-22-6-4-18)19-9-12(8-17-10-20)23-15(19)21;16-13-7-11(1-2-14(13)18-3-5-21-6-4-18)19-9-12(8-17-10-23)22-15(19)20;1-15-11-3-7-13(8-4-11)17(19)21-18(20,22-17)14-9-5-12(16-2)6-10-14/h1-2,7,10,12H,3-6,8-9H2,(H,17,20);1-2,7,10,12H,3-6,8-9H2,(H,17,23);3-10H,1-2H3/t2*12-;/m00./s1. The summed E-state index contributed by atoms with van der Waals surface area (Å²) < 4.78 is 56.8. The van der Waals surface area contributed by atoms with Crippen molar-refractivity contribution in [2.24, 2.45) is 0 Å². The molecule has 4 aromatic carbocycles. The molecule has 0 aromatic heterocycles. The molecule has 5 saturated heterocycles. The van der Waals surface area contributed by atoms with Gasteiger partial charge in [-0.3, -0.25) is 14.6 Å². The van der Waals surface area contributed by atoms with Gasteiger partial charge < -0.3 is 48.9 Å². The molecular formula is C44H50F2N6O9P2S5.